The van der Waals surface area contributed by atoms with Crippen LogP contribution in [-0.2, 0) is 13.3 Å². The van der Waals surface area contributed by atoms with Crippen molar-refractivity contribution in [1.29, 1.82) is 0 Å². The highest BCUT2D eigenvalue weighted by Crippen LogP contribution is 2.23. The molecule has 1 rings (SSSR count). The summed E-state index contributed by atoms with van der Waals surface area (Å²) in [6.45, 7) is 11.7. The van der Waals surface area contributed by atoms with Crippen LogP contribution in [0.25, 0.3) is 0 Å². The van der Waals surface area contributed by atoms with Crippen LogP contribution in [0.5, 0.6) is 0 Å². The van der Waals surface area contributed by atoms with Crippen molar-refractivity contribution in [1.82, 2.24) is 4.98 Å². The first-order chi connectivity index (χ1) is 10.2. The molecule has 0 bridgehead atoms. The molecule has 1 aromatic heterocycles. The summed E-state index contributed by atoms with van der Waals surface area (Å²) in [5.41, 5.74) is 0. The van der Waals surface area contributed by atoms with Crippen LogP contribution < -0.4 is 4.57 Å². The lowest BCUT2D eigenvalue weighted by molar-refractivity contribution is -0.721. The Balaban J connectivity index is 2.73. The molecule has 0 radical (unpaired) electrons. The molecular weight excluding hydrogens is 284 g/mol. The molecule has 0 aliphatic heterocycles. The molecule has 0 fully saturated rings. The van der Waals surface area contributed by atoms with Crippen LogP contribution in [0.2, 0.25) is 6.04 Å². The third-order valence-corrected chi connectivity index (χ3v) is 6.39. The third-order valence-electron chi connectivity index (χ3n) is 3.30. The lowest BCUT2D eigenvalue weighted by atomic mass is 10.1. The number of nitrogens with zero attached hydrogens (tertiary/aromatic N) is 1. The average Bonchev–Trinajstić information content (AvgIpc) is 2.98. The topological polar surface area (TPSA) is 47.4 Å². The first-order valence-corrected chi connectivity index (χ1v) is 9.70. The van der Waals surface area contributed by atoms with Crippen molar-refractivity contribution in [3.63, 3.8) is 0 Å². The summed E-state index contributed by atoms with van der Waals surface area (Å²) in [7, 11) is -2.56. The summed E-state index contributed by atoms with van der Waals surface area (Å²) in [5, 5.41) is 0. The Morgan fingerprint density at radius 3 is 2.24 bits per heavy atom. The molecule has 0 spiro atoms. The Morgan fingerprint density at radius 2 is 1.81 bits per heavy atom. The van der Waals surface area contributed by atoms with Crippen molar-refractivity contribution >= 4 is 8.80 Å². The van der Waals surface area contributed by atoms with E-state index in [2.05, 4.69) is 16.1 Å². The van der Waals surface area contributed by atoms with Gasteiger partial charge in [0.1, 0.15) is 18.4 Å². The van der Waals surface area contributed by atoms with Gasteiger partial charge in [-0.2, -0.15) is 0 Å². The number of rotatable bonds is 12. The number of imidazole rings is 1. The average molecular weight is 313 g/mol. The van der Waals surface area contributed by atoms with Crippen LogP contribution in [-0.4, -0.2) is 33.6 Å². The number of aromatic nitrogens is 2. The molecular formula is C15H29N2O3Si+. The van der Waals surface area contributed by atoms with Gasteiger partial charge in [0, 0.05) is 32.3 Å². The molecule has 21 heavy (non-hydrogen) atoms. The summed E-state index contributed by atoms with van der Waals surface area (Å²) < 4.78 is 19.9. The predicted octanol–water partition coefficient (Wildman–Crippen LogP) is 2.86. The fourth-order valence-corrected chi connectivity index (χ4v) is 5.14. The Bertz CT molecular complexity index is 367. The van der Waals surface area contributed by atoms with E-state index < -0.39 is 8.80 Å². The van der Waals surface area contributed by atoms with Crippen LogP contribution >= 0.6 is 0 Å². The molecule has 120 valence electrons. The summed E-state index contributed by atoms with van der Waals surface area (Å²) in [4.78, 5) is 3.09. The van der Waals surface area contributed by atoms with Gasteiger partial charge in [-0.15, -0.1) is 6.58 Å². The molecule has 1 heterocycles. The maximum Gasteiger partial charge on any atom is 0.501 e. The number of hydrogen-bond donors (Lipinski definition) is 1. The molecule has 0 amide bonds. The summed E-state index contributed by atoms with van der Waals surface area (Å²) in [6, 6.07) is 1.17. The summed E-state index contributed by atoms with van der Waals surface area (Å²) >= 11 is 0. The lowest BCUT2D eigenvalue weighted by Crippen LogP contribution is -2.47. The zero-order chi connectivity index (χ0) is 15.6. The molecule has 0 saturated carbocycles. The maximum atomic E-state index is 5.91. The molecule has 1 N–H and O–H groups in total. The monoisotopic (exact) mass is 313 g/mol. The molecule has 0 saturated heterocycles. The Labute approximate surface area is 129 Å². The van der Waals surface area contributed by atoms with E-state index in [1.807, 2.05) is 45.6 Å². The largest absolute Gasteiger partial charge is 0.501 e. The van der Waals surface area contributed by atoms with E-state index in [-0.39, 0.29) is 0 Å². The minimum atomic E-state index is -2.56. The molecule has 1 unspecified atom stereocenters. The summed E-state index contributed by atoms with van der Waals surface area (Å²) in [6.07, 6.45) is 9.75. The Kier molecular flexibility index (Phi) is 8.52. The zero-order valence-corrected chi connectivity index (χ0v) is 14.5. The fraction of sp³-hybridized carbons (Fsp3) is 0.667. The van der Waals surface area contributed by atoms with Crippen LogP contribution in [0.4, 0.5) is 0 Å². The van der Waals surface area contributed by atoms with Crippen LogP contribution in [0.15, 0.2) is 31.4 Å². The minimum absolute atomic E-state index is 0.349. The molecule has 6 heteroatoms. The van der Waals surface area contributed by atoms with Gasteiger partial charge in [-0.1, -0.05) is 6.08 Å². The molecule has 0 aliphatic carbocycles. The van der Waals surface area contributed by atoms with E-state index in [0.717, 1.165) is 18.9 Å². The van der Waals surface area contributed by atoms with E-state index in [4.69, 9.17) is 13.3 Å². The number of allylic oxidation sites excluding steroid dienone is 1. The number of aromatic amines is 1. The van der Waals surface area contributed by atoms with Gasteiger partial charge in [-0.3, -0.25) is 4.98 Å². The SMILES string of the molecule is C=CCC(CC[Si](OCC)(OCC)OCC)[n+]1cc[nH]c1. The summed E-state index contributed by atoms with van der Waals surface area (Å²) in [5.74, 6) is 0. The van der Waals surface area contributed by atoms with Gasteiger partial charge in [-0.25, -0.2) is 4.57 Å². The minimum Gasteiger partial charge on any atom is -0.374 e. The van der Waals surface area contributed by atoms with Gasteiger partial charge in [0.2, 0.25) is 6.33 Å². The normalized spacial score (nSPS) is 13.3. The van der Waals surface area contributed by atoms with E-state index >= 15 is 0 Å². The van der Waals surface area contributed by atoms with E-state index in [0.29, 0.717) is 25.9 Å². The zero-order valence-electron chi connectivity index (χ0n) is 13.5. The maximum absolute atomic E-state index is 5.91. The highest BCUT2D eigenvalue weighted by molar-refractivity contribution is 6.60. The Hall–Kier alpha value is -0.953. The first-order valence-electron chi connectivity index (χ1n) is 7.77. The standard InChI is InChI=1S/C15H28N2O3Si/c1-5-9-15(17-12-11-16-14-17)10-13-21(18-6-2,19-7-3)20-8-4/h5,11-12,14-15H,1,6-10,13H2,2-4H3/p+1. The van der Waals surface area contributed by atoms with Crippen molar-refractivity contribution < 1.29 is 17.8 Å². The van der Waals surface area contributed by atoms with Crippen LogP contribution in [0.3, 0.4) is 0 Å². The lowest BCUT2D eigenvalue weighted by Gasteiger charge is -2.29. The highest BCUT2D eigenvalue weighted by atomic mass is 28.4. The number of nitrogens with one attached hydrogen (secondary N) is 1. The van der Waals surface area contributed by atoms with Gasteiger partial charge in [0.15, 0.2) is 0 Å². The van der Waals surface area contributed by atoms with Crippen molar-refractivity contribution in [2.24, 2.45) is 0 Å². The predicted molar refractivity (Wildman–Crippen MR) is 84.9 cm³/mol. The van der Waals surface area contributed by atoms with Crippen molar-refractivity contribution in [2.75, 3.05) is 19.8 Å². The molecule has 5 nitrogen and oxygen atoms in total. The number of H-pyrrole nitrogens is 1. The van der Waals surface area contributed by atoms with E-state index in [1.165, 1.54) is 0 Å². The second-order valence-corrected chi connectivity index (χ2v) is 7.49. The van der Waals surface area contributed by atoms with Crippen molar-refractivity contribution in [3.8, 4) is 0 Å². The number of hydrogen-bond acceptors (Lipinski definition) is 3. The van der Waals surface area contributed by atoms with Crippen molar-refractivity contribution in [3.05, 3.63) is 31.4 Å². The van der Waals surface area contributed by atoms with E-state index in [9.17, 15) is 0 Å². The second kappa shape index (κ2) is 9.89. The van der Waals surface area contributed by atoms with Gasteiger partial charge in [0.05, 0.1) is 0 Å². The van der Waals surface area contributed by atoms with Gasteiger partial charge < -0.3 is 13.3 Å². The molecule has 0 aliphatic rings. The Morgan fingerprint density at radius 1 is 1.19 bits per heavy atom. The van der Waals surface area contributed by atoms with Gasteiger partial charge in [-0.05, 0) is 27.2 Å². The fourth-order valence-electron chi connectivity index (χ4n) is 2.45. The van der Waals surface area contributed by atoms with Gasteiger partial charge >= 0.3 is 8.80 Å². The second-order valence-electron chi connectivity index (χ2n) is 4.76. The van der Waals surface area contributed by atoms with Crippen LogP contribution in [0, 0.1) is 0 Å². The molecule has 0 aromatic carbocycles. The highest BCUT2D eigenvalue weighted by Gasteiger charge is 2.41. The third kappa shape index (κ3) is 5.74. The smallest absolute Gasteiger partial charge is 0.374 e. The molecule has 1 atom stereocenters. The first kappa shape index (κ1) is 18.1. The van der Waals surface area contributed by atoms with E-state index in [1.54, 1.807) is 0 Å². The molecule has 1 aromatic rings. The van der Waals surface area contributed by atoms with Crippen LogP contribution in [0.1, 0.15) is 39.7 Å². The van der Waals surface area contributed by atoms with Gasteiger partial charge in [0.25, 0.3) is 0 Å². The quantitative estimate of drug-likeness (QED) is 0.367. The van der Waals surface area contributed by atoms with Crippen molar-refractivity contribution in [2.45, 2.75) is 45.7 Å².